The Balaban J connectivity index is 1.25. The highest BCUT2D eigenvalue weighted by atomic mass is 16.6. The van der Waals surface area contributed by atoms with Crippen LogP contribution < -0.4 is 4.74 Å². The van der Waals surface area contributed by atoms with E-state index in [1.807, 2.05) is 32.0 Å². The fraction of sp³-hybridized carbons (Fsp3) is 0.548. The van der Waals surface area contributed by atoms with E-state index in [9.17, 15) is 4.79 Å². The van der Waals surface area contributed by atoms with Gasteiger partial charge in [-0.05, 0) is 68.5 Å². The maximum Gasteiger partial charge on any atom is 0.308 e. The zero-order chi connectivity index (χ0) is 26.0. The molecule has 2 bridgehead atoms. The standard InChI is InChI=1S/C31H41N3O3/c1-21(2)30(35)37-31(20-22-10-7-13-25(31)24-12-6-5-11-23(22)24)17-19-34(3)18-9-16-28-32-26-14-8-15-27(36-4)29(26)33-28/h5-6,8,11-12,14-15,21-22,25H,7,9-10,13,16-20H2,1-4H3,(H,32,33)/t22?,25-,31+/m1/s1. The zero-order valence-corrected chi connectivity index (χ0v) is 22.8. The van der Waals surface area contributed by atoms with Gasteiger partial charge in [0.2, 0.25) is 0 Å². The summed E-state index contributed by atoms with van der Waals surface area (Å²) in [5.41, 5.74) is 4.39. The highest BCUT2D eigenvalue weighted by Crippen LogP contribution is 2.55. The number of ether oxygens (including phenoxy) is 2. The first-order chi connectivity index (χ1) is 17.9. The van der Waals surface area contributed by atoms with Crippen LogP contribution in [-0.2, 0) is 16.0 Å². The van der Waals surface area contributed by atoms with E-state index in [0.717, 1.165) is 67.8 Å². The Kier molecular flexibility index (Phi) is 7.57. The van der Waals surface area contributed by atoms with Crippen LogP contribution in [0.2, 0.25) is 0 Å². The number of nitrogens with one attached hydrogen (secondary N) is 1. The van der Waals surface area contributed by atoms with Crippen molar-refractivity contribution in [3.8, 4) is 5.75 Å². The van der Waals surface area contributed by atoms with E-state index in [-0.39, 0.29) is 17.8 Å². The SMILES string of the molecule is COc1cccc2[nH]c(CCCN(C)CC[C@]3(OC(=O)C(C)C)CC4CCC[C@@H]3c3ccccc34)nc12. The minimum atomic E-state index is -0.416. The van der Waals surface area contributed by atoms with E-state index in [1.165, 1.54) is 24.0 Å². The van der Waals surface area contributed by atoms with Gasteiger partial charge in [-0.1, -0.05) is 50.6 Å². The molecule has 0 aliphatic heterocycles. The summed E-state index contributed by atoms with van der Waals surface area (Å²) in [6, 6.07) is 14.9. The van der Waals surface area contributed by atoms with Crippen LogP contribution in [0.3, 0.4) is 0 Å². The van der Waals surface area contributed by atoms with Gasteiger partial charge in [-0.2, -0.15) is 0 Å². The van der Waals surface area contributed by atoms with Crippen molar-refractivity contribution in [2.24, 2.45) is 5.92 Å². The molecule has 3 aromatic rings. The predicted octanol–water partition coefficient (Wildman–Crippen LogP) is 6.22. The molecule has 1 unspecified atom stereocenters. The molecule has 0 spiro atoms. The number of fused-ring (bicyclic) bond motifs is 4. The molecular formula is C31H41N3O3. The molecule has 6 heteroatoms. The lowest BCUT2D eigenvalue weighted by molar-refractivity contribution is -0.170. The number of aromatic amines is 1. The van der Waals surface area contributed by atoms with Crippen LogP contribution in [0.25, 0.3) is 11.0 Å². The summed E-state index contributed by atoms with van der Waals surface area (Å²) >= 11 is 0. The number of carbonyl (C=O) groups is 1. The molecule has 1 aromatic heterocycles. The molecule has 1 saturated carbocycles. The smallest absolute Gasteiger partial charge is 0.308 e. The Bertz CT molecular complexity index is 1240. The second kappa shape index (κ2) is 10.9. The number of aromatic nitrogens is 2. The fourth-order valence-corrected chi connectivity index (χ4v) is 6.50. The molecule has 6 nitrogen and oxygen atoms in total. The molecule has 3 aliphatic carbocycles. The number of imidazole rings is 1. The van der Waals surface area contributed by atoms with Crippen molar-refractivity contribution in [3.63, 3.8) is 0 Å². The average Bonchev–Trinajstić information content (AvgIpc) is 3.12. The summed E-state index contributed by atoms with van der Waals surface area (Å²) in [6.07, 6.45) is 7.19. The molecular weight excluding hydrogens is 462 g/mol. The van der Waals surface area contributed by atoms with Crippen molar-refractivity contribution < 1.29 is 14.3 Å². The quantitative estimate of drug-likeness (QED) is 0.333. The van der Waals surface area contributed by atoms with Gasteiger partial charge in [-0.25, -0.2) is 4.98 Å². The number of hydrogen-bond donors (Lipinski definition) is 1. The number of aryl methyl sites for hydroxylation is 1. The minimum absolute atomic E-state index is 0.0620. The van der Waals surface area contributed by atoms with Crippen LogP contribution in [0, 0.1) is 5.92 Å². The van der Waals surface area contributed by atoms with Crippen molar-refractivity contribution in [3.05, 3.63) is 59.4 Å². The first-order valence-electron chi connectivity index (χ1n) is 13.9. The first-order valence-corrected chi connectivity index (χ1v) is 13.9. The summed E-state index contributed by atoms with van der Waals surface area (Å²) in [7, 11) is 3.87. The maximum atomic E-state index is 13.0. The van der Waals surface area contributed by atoms with E-state index >= 15 is 0 Å². The maximum absolute atomic E-state index is 13.0. The molecule has 2 aromatic carbocycles. The summed E-state index contributed by atoms with van der Waals surface area (Å²) in [5, 5.41) is 0. The van der Waals surface area contributed by atoms with Gasteiger partial charge in [-0.3, -0.25) is 4.79 Å². The number of rotatable bonds is 10. The topological polar surface area (TPSA) is 67.4 Å². The second-order valence-corrected chi connectivity index (χ2v) is 11.4. The molecule has 1 heterocycles. The lowest BCUT2D eigenvalue weighted by atomic mass is 9.67. The predicted molar refractivity (Wildman–Crippen MR) is 147 cm³/mol. The lowest BCUT2D eigenvalue weighted by Gasteiger charge is -2.46. The number of methoxy groups -OCH3 is 1. The van der Waals surface area contributed by atoms with Gasteiger partial charge in [0.25, 0.3) is 0 Å². The first kappa shape index (κ1) is 25.8. The lowest BCUT2D eigenvalue weighted by Crippen LogP contribution is -2.47. The molecule has 6 rings (SSSR count). The van der Waals surface area contributed by atoms with Crippen molar-refractivity contribution >= 4 is 17.0 Å². The number of esters is 1. The highest BCUT2D eigenvalue weighted by molar-refractivity contribution is 5.81. The zero-order valence-electron chi connectivity index (χ0n) is 22.8. The number of nitrogens with zero attached hydrogens (tertiary/aromatic N) is 2. The summed E-state index contributed by atoms with van der Waals surface area (Å²) < 4.78 is 11.9. The molecule has 3 aliphatic rings. The molecule has 198 valence electrons. The third kappa shape index (κ3) is 5.26. The third-order valence-corrected chi connectivity index (χ3v) is 8.47. The summed E-state index contributed by atoms with van der Waals surface area (Å²) in [6.45, 7) is 5.76. The van der Waals surface area contributed by atoms with E-state index in [1.54, 1.807) is 7.11 Å². The third-order valence-electron chi connectivity index (χ3n) is 8.47. The van der Waals surface area contributed by atoms with Gasteiger partial charge in [0.05, 0.1) is 18.5 Å². The molecule has 1 fully saturated rings. The van der Waals surface area contributed by atoms with Gasteiger partial charge in [0.1, 0.15) is 22.7 Å². The van der Waals surface area contributed by atoms with Crippen LogP contribution >= 0.6 is 0 Å². The number of benzene rings is 2. The molecule has 3 atom stereocenters. The van der Waals surface area contributed by atoms with Crippen LogP contribution in [0.1, 0.15) is 81.2 Å². The second-order valence-electron chi connectivity index (χ2n) is 11.4. The summed E-state index contributed by atoms with van der Waals surface area (Å²) in [5.74, 6) is 2.38. The minimum Gasteiger partial charge on any atom is -0.494 e. The normalized spacial score (nSPS) is 22.9. The van der Waals surface area contributed by atoms with Crippen LogP contribution in [0.5, 0.6) is 5.75 Å². The van der Waals surface area contributed by atoms with Crippen molar-refractivity contribution in [2.75, 3.05) is 27.2 Å². The molecule has 0 saturated heterocycles. The Morgan fingerprint density at radius 2 is 1.95 bits per heavy atom. The Labute approximate surface area is 220 Å². The molecule has 0 amide bonds. The average molecular weight is 504 g/mol. The number of para-hydroxylation sites is 1. The van der Waals surface area contributed by atoms with E-state index in [4.69, 9.17) is 14.5 Å². The number of carbonyl (C=O) groups excluding carboxylic acids is 1. The van der Waals surface area contributed by atoms with Crippen LogP contribution in [0.15, 0.2) is 42.5 Å². The molecule has 1 N–H and O–H groups in total. The van der Waals surface area contributed by atoms with Crippen LogP contribution in [-0.4, -0.2) is 53.7 Å². The Morgan fingerprint density at radius 3 is 2.73 bits per heavy atom. The van der Waals surface area contributed by atoms with E-state index in [2.05, 4.69) is 41.2 Å². The van der Waals surface area contributed by atoms with Gasteiger partial charge in [0, 0.05) is 25.3 Å². The van der Waals surface area contributed by atoms with Gasteiger partial charge < -0.3 is 19.4 Å². The van der Waals surface area contributed by atoms with Crippen molar-refractivity contribution in [2.45, 2.75) is 76.2 Å². The van der Waals surface area contributed by atoms with Gasteiger partial charge in [-0.15, -0.1) is 0 Å². The fourth-order valence-electron chi connectivity index (χ4n) is 6.50. The van der Waals surface area contributed by atoms with Gasteiger partial charge in [0.15, 0.2) is 0 Å². The molecule has 37 heavy (non-hydrogen) atoms. The van der Waals surface area contributed by atoms with Crippen LogP contribution in [0.4, 0.5) is 0 Å². The van der Waals surface area contributed by atoms with Crippen molar-refractivity contribution in [1.29, 1.82) is 0 Å². The van der Waals surface area contributed by atoms with E-state index in [0.29, 0.717) is 5.92 Å². The monoisotopic (exact) mass is 503 g/mol. The Hall–Kier alpha value is -2.86. The Morgan fingerprint density at radius 1 is 1.14 bits per heavy atom. The number of hydrogen-bond acceptors (Lipinski definition) is 5. The highest BCUT2D eigenvalue weighted by Gasteiger charge is 2.50. The molecule has 0 radical (unpaired) electrons. The van der Waals surface area contributed by atoms with E-state index < -0.39 is 5.60 Å². The van der Waals surface area contributed by atoms with Gasteiger partial charge >= 0.3 is 5.97 Å². The summed E-state index contributed by atoms with van der Waals surface area (Å²) in [4.78, 5) is 23.5. The number of H-pyrrole nitrogens is 1. The van der Waals surface area contributed by atoms with Crippen molar-refractivity contribution in [1.82, 2.24) is 14.9 Å². The largest absolute Gasteiger partial charge is 0.494 e.